The lowest BCUT2D eigenvalue weighted by Gasteiger charge is -2.35. The van der Waals surface area contributed by atoms with Crippen LogP contribution in [0.4, 0.5) is 11.4 Å². The molecule has 1 aliphatic rings. The van der Waals surface area contributed by atoms with Crippen molar-refractivity contribution in [2.45, 2.75) is 31.5 Å². The summed E-state index contributed by atoms with van der Waals surface area (Å²) in [6.45, 7) is 1.55. The van der Waals surface area contributed by atoms with Crippen molar-refractivity contribution in [2.75, 3.05) is 11.9 Å². The Morgan fingerprint density at radius 2 is 2.05 bits per heavy atom. The Balaban J connectivity index is 2.20. The van der Waals surface area contributed by atoms with Crippen LogP contribution in [-0.2, 0) is 4.74 Å². The molecule has 1 aromatic rings. The van der Waals surface area contributed by atoms with E-state index >= 15 is 0 Å². The number of benzene rings is 1. The third-order valence-electron chi connectivity index (χ3n) is 3.15. The van der Waals surface area contributed by atoms with Crippen molar-refractivity contribution < 1.29 is 25.0 Å². The van der Waals surface area contributed by atoms with Gasteiger partial charge in [-0.25, -0.2) is 0 Å². The monoisotopic (exact) mass is 284 g/mol. The molecule has 4 atom stereocenters. The molecule has 1 fully saturated rings. The number of aliphatic hydroxyl groups is 3. The molecule has 8 nitrogen and oxygen atoms in total. The van der Waals surface area contributed by atoms with Crippen LogP contribution in [0.25, 0.3) is 0 Å². The number of rotatable bonds is 3. The first kappa shape index (κ1) is 14.7. The van der Waals surface area contributed by atoms with Crippen LogP contribution in [0.15, 0.2) is 18.2 Å². The Hall–Kier alpha value is -1.74. The molecule has 1 heterocycles. The van der Waals surface area contributed by atoms with Gasteiger partial charge in [0.2, 0.25) is 0 Å². The first-order valence-corrected chi connectivity index (χ1v) is 6.07. The SMILES string of the molecule is Cc1ccc(N[C@H]2OC[C@@H](O)[C@@H](O)[C@H]2O)c([N+](=O)[O-])c1. The maximum absolute atomic E-state index is 11.0. The van der Waals surface area contributed by atoms with Crippen molar-refractivity contribution in [1.29, 1.82) is 0 Å². The summed E-state index contributed by atoms with van der Waals surface area (Å²) in [6.07, 6.45) is -4.98. The zero-order valence-corrected chi connectivity index (χ0v) is 10.8. The van der Waals surface area contributed by atoms with Gasteiger partial charge in [0.15, 0.2) is 6.23 Å². The number of aliphatic hydroxyl groups excluding tert-OH is 3. The molecule has 1 aromatic carbocycles. The van der Waals surface area contributed by atoms with Crippen LogP contribution in [0.5, 0.6) is 0 Å². The van der Waals surface area contributed by atoms with E-state index < -0.39 is 29.5 Å². The van der Waals surface area contributed by atoms with Gasteiger partial charge in [-0.3, -0.25) is 10.1 Å². The molecule has 0 unspecified atom stereocenters. The molecular formula is C12H16N2O6. The van der Waals surface area contributed by atoms with Gasteiger partial charge in [-0.1, -0.05) is 6.07 Å². The third kappa shape index (κ3) is 2.88. The fraction of sp³-hybridized carbons (Fsp3) is 0.500. The fourth-order valence-corrected chi connectivity index (χ4v) is 2.00. The first-order chi connectivity index (χ1) is 9.40. The number of nitro benzene ring substituents is 1. The smallest absolute Gasteiger partial charge is 0.292 e. The molecule has 0 aromatic heterocycles. The number of hydrogen-bond acceptors (Lipinski definition) is 7. The van der Waals surface area contributed by atoms with Crippen LogP contribution in [0.2, 0.25) is 0 Å². The van der Waals surface area contributed by atoms with Gasteiger partial charge >= 0.3 is 0 Å². The van der Waals surface area contributed by atoms with E-state index in [1.54, 1.807) is 13.0 Å². The minimum Gasteiger partial charge on any atom is -0.388 e. The van der Waals surface area contributed by atoms with Gasteiger partial charge < -0.3 is 25.4 Å². The average Bonchev–Trinajstić information content (AvgIpc) is 2.41. The van der Waals surface area contributed by atoms with Gasteiger partial charge in [-0.15, -0.1) is 0 Å². The number of ether oxygens (including phenoxy) is 1. The Kier molecular flexibility index (Phi) is 4.19. The Morgan fingerprint density at radius 1 is 1.35 bits per heavy atom. The lowest BCUT2D eigenvalue weighted by molar-refractivity contribution is -0.384. The van der Waals surface area contributed by atoms with E-state index in [0.717, 1.165) is 5.56 Å². The summed E-state index contributed by atoms with van der Waals surface area (Å²) in [7, 11) is 0. The zero-order valence-electron chi connectivity index (χ0n) is 10.8. The van der Waals surface area contributed by atoms with Gasteiger partial charge in [-0.2, -0.15) is 0 Å². The van der Waals surface area contributed by atoms with E-state index in [0.29, 0.717) is 0 Å². The molecule has 110 valence electrons. The summed E-state index contributed by atoms with van der Waals surface area (Å²) >= 11 is 0. The van der Waals surface area contributed by atoms with Crippen molar-refractivity contribution in [3.63, 3.8) is 0 Å². The molecule has 0 spiro atoms. The maximum atomic E-state index is 11.0. The minimum atomic E-state index is -1.39. The zero-order chi connectivity index (χ0) is 14.9. The molecule has 1 aliphatic heterocycles. The topological polar surface area (TPSA) is 125 Å². The second-order valence-corrected chi connectivity index (χ2v) is 4.72. The molecule has 4 N–H and O–H groups in total. The van der Waals surface area contributed by atoms with Gasteiger partial charge in [0.1, 0.15) is 24.0 Å². The van der Waals surface area contributed by atoms with Crippen molar-refractivity contribution in [3.05, 3.63) is 33.9 Å². The normalized spacial score (nSPS) is 30.0. The molecule has 1 saturated heterocycles. The minimum absolute atomic E-state index is 0.151. The number of hydrogen-bond donors (Lipinski definition) is 4. The van der Waals surface area contributed by atoms with Crippen LogP contribution in [-0.4, -0.2) is 51.4 Å². The Labute approximate surface area is 114 Å². The largest absolute Gasteiger partial charge is 0.388 e. The summed E-state index contributed by atoms with van der Waals surface area (Å²) in [5.74, 6) is 0. The highest BCUT2D eigenvalue weighted by Gasteiger charge is 2.38. The van der Waals surface area contributed by atoms with Crippen molar-refractivity contribution in [1.82, 2.24) is 0 Å². The van der Waals surface area contributed by atoms with Crippen LogP contribution < -0.4 is 5.32 Å². The number of anilines is 1. The standard InChI is InChI=1S/C12H16N2O6/c1-6-2-3-7(8(4-6)14(18)19)13-12-11(17)10(16)9(15)5-20-12/h2-4,9-13,15-17H,5H2,1H3/t9-,10-,11-,12+/m1/s1. The predicted octanol–water partition coefficient (Wildman–Crippen LogP) is -0.246. The molecule has 8 heteroatoms. The average molecular weight is 284 g/mol. The number of nitro groups is 1. The Morgan fingerprint density at radius 3 is 2.70 bits per heavy atom. The fourth-order valence-electron chi connectivity index (χ4n) is 2.00. The second-order valence-electron chi connectivity index (χ2n) is 4.72. The van der Waals surface area contributed by atoms with E-state index in [-0.39, 0.29) is 18.0 Å². The van der Waals surface area contributed by atoms with E-state index in [1.165, 1.54) is 12.1 Å². The second kappa shape index (κ2) is 5.71. The molecule has 20 heavy (non-hydrogen) atoms. The highest BCUT2D eigenvalue weighted by molar-refractivity contribution is 5.62. The summed E-state index contributed by atoms with van der Waals surface area (Å²) < 4.78 is 5.15. The van der Waals surface area contributed by atoms with Crippen LogP contribution in [0.3, 0.4) is 0 Å². The summed E-state index contributed by atoms with van der Waals surface area (Å²) in [5.41, 5.74) is 0.748. The van der Waals surface area contributed by atoms with E-state index in [9.17, 15) is 25.4 Å². The lowest BCUT2D eigenvalue weighted by atomic mass is 10.0. The van der Waals surface area contributed by atoms with Gasteiger partial charge in [0.05, 0.1) is 11.5 Å². The maximum Gasteiger partial charge on any atom is 0.292 e. The summed E-state index contributed by atoms with van der Waals surface area (Å²) in [6, 6.07) is 4.57. The van der Waals surface area contributed by atoms with Crippen LogP contribution >= 0.6 is 0 Å². The summed E-state index contributed by atoms with van der Waals surface area (Å²) in [5, 5.41) is 42.3. The number of nitrogens with one attached hydrogen (secondary N) is 1. The Bertz CT molecular complexity index is 509. The highest BCUT2D eigenvalue weighted by Crippen LogP contribution is 2.28. The predicted molar refractivity (Wildman–Crippen MR) is 69.2 cm³/mol. The van der Waals surface area contributed by atoms with E-state index in [4.69, 9.17) is 4.74 Å². The van der Waals surface area contributed by atoms with Crippen molar-refractivity contribution in [2.24, 2.45) is 0 Å². The molecule has 0 bridgehead atoms. The molecular weight excluding hydrogens is 268 g/mol. The quantitative estimate of drug-likeness (QED) is 0.445. The van der Waals surface area contributed by atoms with Crippen LogP contribution in [0.1, 0.15) is 5.56 Å². The van der Waals surface area contributed by atoms with E-state index in [2.05, 4.69) is 5.32 Å². The third-order valence-corrected chi connectivity index (χ3v) is 3.15. The molecule has 0 aliphatic carbocycles. The first-order valence-electron chi connectivity index (χ1n) is 6.07. The molecule has 0 radical (unpaired) electrons. The van der Waals surface area contributed by atoms with Crippen molar-refractivity contribution in [3.8, 4) is 0 Å². The van der Waals surface area contributed by atoms with Gasteiger partial charge in [0, 0.05) is 6.07 Å². The van der Waals surface area contributed by atoms with Gasteiger partial charge in [-0.05, 0) is 18.6 Å². The molecule has 2 rings (SSSR count). The molecule has 0 saturated carbocycles. The lowest BCUT2D eigenvalue weighted by Crippen LogP contribution is -2.55. The van der Waals surface area contributed by atoms with Gasteiger partial charge in [0.25, 0.3) is 5.69 Å². The number of nitrogens with zero attached hydrogens (tertiary/aromatic N) is 1. The molecule has 0 amide bonds. The number of aryl methyl sites for hydroxylation is 1. The van der Waals surface area contributed by atoms with E-state index in [1.807, 2.05) is 0 Å². The summed E-state index contributed by atoms with van der Waals surface area (Å²) in [4.78, 5) is 10.4. The highest BCUT2D eigenvalue weighted by atomic mass is 16.6. The van der Waals surface area contributed by atoms with Crippen molar-refractivity contribution >= 4 is 11.4 Å². The van der Waals surface area contributed by atoms with Crippen LogP contribution in [0, 0.1) is 17.0 Å².